The molecule has 0 aliphatic rings. The van der Waals surface area contributed by atoms with Crippen molar-refractivity contribution >= 4 is 16.0 Å². The highest BCUT2D eigenvalue weighted by Gasteiger charge is 2.27. The van der Waals surface area contributed by atoms with Crippen molar-refractivity contribution in [2.75, 3.05) is 0 Å². The van der Waals surface area contributed by atoms with E-state index in [-0.39, 0.29) is 12.2 Å². The van der Waals surface area contributed by atoms with Gasteiger partial charge in [0.15, 0.2) is 0 Å². The van der Waals surface area contributed by atoms with Gasteiger partial charge in [0, 0.05) is 5.54 Å². The fraction of sp³-hybridized carbons (Fsp3) is 0.417. The van der Waals surface area contributed by atoms with Gasteiger partial charge in [0.25, 0.3) is 0 Å². The van der Waals surface area contributed by atoms with E-state index in [0.29, 0.717) is 5.56 Å². The van der Waals surface area contributed by atoms with Gasteiger partial charge in [0.1, 0.15) is 0 Å². The number of sulfonamides is 1. The Morgan fingerprint density at radius 1 is 1.28 bits per heavy atom. The molecule has 0 saturated carbocycles. The van der Waals surface area contributed by atoms with E-state index in [9.17, 15) is 13.2 Å². The number of carboxylic acids is 1. The minimum atomic E-state index is -3.55. The van der Waals surface area contributed by atoms with E-state index in [1.165, 1.54) is 0 Å². The SMILES string of the molecule is CC(C)(CC(=O)O)NS(=O)(=O)Cc1ccccc1. The van der Waals surface area contributed by atoms with Crippen molar-refractivity contribution in [2.45, 2.75) is 31.6 Å². The van der Waals surface area contributed by atoms with Crippen LogP contribution < -0.4 is 4.72 Å². The van der Waals surface area contributed by atoms with Crippen molar-refractivity contribution in [3.8, 4) is 0 Å². The Bertz CT molecular complexity index is 508. The molecular formula is C12H17NO4S. The first-order valence-corrected chi connectivity index (χ1v) is 7.13. The molecule has 6 heteroatoms. The van der Waals surface area contributed by atoms with Crippen molar-refractivity contribution in [1.29, 1.82) is 0 Å². The lowest BCUT2D eigenvalue weighted by molar-refractivity contribution is -0.138. The molecule has 1 aromatic carbocycles. The number of carbonyl (C=O) groups is 1. The smallest absolute Gasteiger partial charge is 0.305 e. The number of nitrogens with one attached hydrogen (secondary N) is 1. The molecule has 0 bridgehead atoms. The summed E-state index contributed by atoms with van der Waals surface area (Å²) in [5, 5.41) is 8.70. The Hall–Kier alpha value is -1.40. The Morgan fingerprint density at radius 2 is 1.83 bits per heavy atom. The van der Waals surface area contributed by atoms with E-state index in [4.69, 9.17) is 5.11 Å². The van der Waals surface area contributed by atoms with Gasteiger partial charge in [0.05, 0.1) is 12.2 Å². The number of rotatable bonds is 6. The third-order valence-corrected chi connectivity index (χ3v) is 3.80. The summed E-state index contributed by atoms with van der Waals surface area (Å²) < 4.78 is 26.2. The first-order valence-electron chi connectivity index (χ1n) is 5.48. The topological polar surface area (TPSA) is 83.5 Å². The van der Waals surface area contributed by atoms with Crippen molar-refractivity contribution in [1.82, 2.24) is 4.72 Å². The molecule has 100 valence electrons. The van der Waals surface area contributed by atoms with Crippen molar-refractivity contribution < 1.29 is 18.3 Å². The third kappa shape index (κ3) is 5.29. The summed E-state index contributed by atoms with van der Waals surface area (Å²) in [4.78, 5) is 10.6. The van der Waals surface area contributed by atoms with Gasteiger partial charge < -0.3 is 5.11 Å². The number of aliphatic carboxylic acids is 1. The van der Waals surface area contributed by atoms with E-state index in [0.717, 1.165) is 0 Å². The van der Waals surface area contributed by atoms with Crippen molar-refractivity contribution in [2.24, 2.45) is 0 Å². The van der Waals surface area contributed by atoms with Crippen LogP contribution in [0.2, 0.25) is 0 Å². The second-order valence-corrected chi connectivity index (χ2v) is 6.52. The van der Waals surface area contributed by atoms with Crippen LogP contribution in [0.25, 0.3) is 0 Å². The van der Waals surface area contributed by atoms with Crippen LogP contribution >= 0.6 is 0 Å². The number of hydrogen-bond donors (Lipinski definition) is 2. The average molecular weight is 271 g/mol. The maximum atomic E-state index is 11.9. The summed E-state index contributed by atoms with van der Waals surface area (Å²) in [7, 11) is -3.55. The van der Waals surface area contributed by atoms with Crippen LogP contribution in [0.3, 0.4) is 0 Å². The van der Waals surface area contributed by atoms with Gasteiger partial charge in [-0.05, 0) is 19.4 Å². The predicted octanol–water partition coefficient (Wildman–Crippen LogP) is 1.36. The lowest BCUT2D eigenvalue weighted by atomic mass is 10.0. The maximum Gasteiger partial charge on any atom is 0.305 e. The summed E-state index contributed by atoms with van der Waals surface area (Å²) in [6.07, 6.45) is -0.263. The Morgan fingerprint density at radius 3 is 2.33 bits per heavy atom. The lowest BCUT2D eigenvalue weighted by Crippen LogP contribution is -2.45. The molecule has 0 aliphatic heterocycles. The van der Waals surface area contributed by atoms with Crippen LogP contribution in [-0.2, 0) is 20.6 Å². The first-order chi connectivity index (χ1) is 8.20. The van der Waals surface area contributed by atoms with Gasteiger partial charge in [-0.3, -0.25) is 4.79 Å². The zero-order valence-corrected chi connectivity index (χ0v) is 11.2. The minimum absolute atomic E-state index is 0.156. The van der Waals surface area contributed by atoms with E-state index in [1.807, 2.05) is 0 Å². The third-order valence-electron chi connectivity index (χ3n) is 2.22. The van der Waals surface area contributed by atoms with Crippen LogP contribution in [-0.4, -0.2) is 25.0 Å². The van der Waals surface area contributed by atoms with E-state index in [2.05, 4.69) is 4.72 Å². The molecule has 0 heterocycles. The predicted molar refractivity (Wildman–Crippen MR) is 68.5 cm³/mol. The monoisotopic (exact) mass is 271 g/mol. The molecule has 18 heavy (non-hydrogen) atoms. The fourth-order valence-electron chi connectivity index (χ4n) is 1.66. The Labute approximate surface area is 107 Å². The maximum absolute atomic E-state index is 11.9. The highest BCUT2D eigenvalue weighted by molar-refractivity contribution is 7.88. The first kappa shape index (κ1) is 14.7. The molecule has 0 spiro atoms. The van der Waals surface area contributed by atoms with Crippen LogP contribution in [0.4, 0.5) is 0 Å². The van der Waals surface area contributed by atoms with Crippen LogP contribution in [0.5, 0.6) is 0 Å². The standard InChI is InChI=1S/C12H17NO4S/c1-12(2,8-11(14)15)13-18(16,17)9-10-6-4-3-5-7-10/h3-7,13H,8-9H2,1-2H3,(H,14,15). The van der Waals surface area contributed by atoms with E-state index < -0.39 is 21.5 Å². The molecule has 0 amide bonds. The highest BCUT2D eigenvalue weighted by atomic mass is 32.2. The zero-order chi connectivity index (χ0) is 13.8. The van der Waals surface area contributed by atoms with Gasteiger partial charge in [-0.1, -0.05) is 30.3 Å². The molecular weight excluding hydrogens is 254 g/mol. The molecule has 0 unspecified atom stereocenters. The number of carboxylic acid groups (broad SMARTS) is 1. The zero-order valence-electron chi connectivity index (χ0n) is 10.4. The molecule has 0 saturated heterocycles. The minimum Gasteiger partial charge on any atom is -0.481 e. The molecule has 1 rings (SSSR count). The largest absolute Gasteiger partial charge is 0.481 e. The number of benzene rings is 1. The molecule has 2 N–H and O–H groups in total. The molecule has 0 aromatic heterocycles. The van der Waals surface area contributed by atoms with Gasteiger partial charge in [0.2, 0.25) is 10.0 Å². The van der Waals surface area contributed by atoms with Gasteiger partial charge in [-0.25, -0.2) is 13.1 Å². The molecule has 0 radical (unpaired) electrons. The van der Waals surface area contributed by atoms with Crippen LogP contribution in [0.15, 0.2) is 30.3 Å². The Balaban J connectivity index is 2.74. The van der Waals surface area contributed by atoms with Crippen LogP contribution in [0.1, 0.15) is 25.8 Å². The van der Waals surface area contributed by atoms with Crippen molar-refractivity contribution in [3.63, 3.8) is 0 Å². The molecule has 1 aromatic rings. The Kier molecular flexibility index (Phi) is 4.48. The average Bonchev–Trinajstić information content (AvgIpc) is 2.13. The van der Waals surface area contributed by atoms with E-state index >= 15 is 0 Å². The quantitative estimate of drug-likeness (QED) is 0.818. The van der Waals surface area contributed by atoms with E-state index in [1.54, 1.807) is 44.2 Å². The molecule has 0 fully saturated rings. The summed E-state index contributed by atoms with van der Waals surface area (Å²) in [6.45, 7) is 3.09. The summed E-state index contributed by atoms with van der Waals surface area (Å²) in [6, 6.07) is 8.74. The van der Waals surface area contributed by atoms with Gasteiger partial charge >= 0.3 is 5.97 Å². The number of hydrogen-bond acceptors (Lipinski definition) is 3. The fourth-order valence-corrected chi connectivity index (χ4v) is 3.28. The lowest BCUT2D eigenvalue weighted by Gasteiger charge is -2.23. The summed E-state index contributed by atoms with van der Waals surface area (Å²) >= 11 is 0. The second kappa shape index (κ2) is 5.49. The van der Waals surface area contributed by atoms with Gasteiger partial charge in [-0.2, -0.15) is 0 Å². The molecule has 0 atom stereocenters. The van der Waals surface area contributed by atoms with Crippen molar-refractivity contribution in [3.05, 3.63) is 35.9 Å². The normalized spacial score (nSPS) is 12.3. The summed E-state index contributed by atoms with van der Waals surface area (Å²) in [5.41, 5.74) is -0.337. The molecule has 0 aliphatic carbocycles. The summed E-state index contributed by atoms with van der Waals surface area (Å²) in [5.74, 6) is -1.20. The second-order valence-electron chi connectivity index (χ2n) is 4.80. The van der Waals surface area contributed by atoms with Crippen LogP contribution in [0, 0.1) is 0 Å². The van der Waals surface area contributed by atoms with Gasteiger partial charge in [-0.15, -0.1) is 0 Å². The highest BCUT2D eigenvalue weighted by Crippen LogP contribution is 2.12. The molecule has 5 nitrogen and oxygen atoms in total.